The lowest BCUT2D eigenvalue weighted by molar-refractivity contribution is -0.142. The zero-order valence-corrected chi connectivity index (χ0v) is 14.9. The number of nitrogens with one attached hydrogen (secondary N) is 1. The normalized spacial score (nSPS) is 18.3. The summed E-state index contributed by atoms with van der Waals surface area (Å²) in [6.07, 6.45) is -0.672. The number of carbonyl (C=O) groups excluding carboxylic acids is 2. The maximum absolute atomic E-state index is 12.2. The number of nitrogens with zero attached hydrogens (tertiary/aromatic N) is 1. The van der Waals surface area contributed by atoms with Crippen molar-refractivity contribution in [1.29, 1.82) is 0 Å². The summed E-state index contributed by atoms with van der Waals surface area (Å²) in [4.78, 5) is 36.6. The predicted molar refractivity (Wildman–Crippen MR) is 97.3 cm³/mol. The van der Waals surface area contributed by atoms with E-state index in [2.05, 4.69) is 5.32 Å². The Morgan fingerprint density at radius 2 is 1.70 bits per heavy atom. The van der Waals surface area contributed by atoms with Crippen LogP contribution in [-0.4, -0.2) is 34.0 Å². The van der Waals surface area contributed by atoms with Crippen LogP contribution >= 0.6 is 11.6 Å². The number of aliphatic carboxylic acids is 1. The van der Waals surface area contributed by atoms with Crippen LogP contribution in [0, 0.1) is 0 Å². The fourth-order valence-electron chi connectivity index (χ4n) is 3.12. The summed E-state index contributed by atoms with van der Waals surface area (Å²) in [5, 5.41) is 11.3. The van der Waals surface area contributed by atoms with Gasteiger partial charge in [-0.2, -0.15) is 0 Å². The summed E-state index contributed by atoms with van der Waals surface area (Å²) < 4.78 is 5.21. The van der Waals surface area contributed by atoms with Crippen molar-refractivity contribution in [2.75, 3.05) is 6.54 Å². The number of carboxylic acid groups (broad SMARTS) is 1. The highest BCUT2D eigenvalue weighted by Gasteiger charge is 2.40. The summed E-state index contributed by atoms with van der Waals surface area (Å²) >= 11 is 5.58. The van der Waals surface area contributed by atoms with Crippen LogP contribution < -0.4 is 5.32 Å². The monoisotopic (exact) mass is 388 g/mol. The van der Waals surface area contributed by atoms with E-state index < -0.39 is 29.5 Å². The van der Waals surface area contributed by atoms with Crippen molar-refractivity contribution < 1.29 is 24.2 Å². The highest BCUT2D eigenvalue weighted by molar-refractivity contribution is 6.63. The van der Waals surface area contributed by atoms with E-state index in [0.29, 0.717) is 11.1 Å². The van der Waals surface area contributed by atoms with Gasteiger partial charge >= 0.3 is 17.4 Å². The van der Waals surface area contributed by atoms with E-state index in [-0.39, 0.29) is 13.2 Å². The minimum absolute atomic E-state index is 0.0727. The molecule has 8 heteroatoms. The molecule has 0 fully saturated rings. The number of rotatable bonds is 4. The lowest BCUT2D eigenvalue weighted by atomic mass is 9.89. The average Bonchev–Trinajstić information content (AvgIpc) is 2.66. The molecule has 0 unspecified atom stereocenters. The molecule has 27 heavy (non-hydrogen) atoms. The topological polar surface area (TPSA) is 95.9 Å². The number of amides is 2. The van der Waals surface area contributed by atoms with Crippen molar-refractivity contribution in [3.8, 4) is 0 Å². The molecule has 2 N–H and O–H groups in total. The van der Waals surface area contributed by atoms with Gasteiger partial charge in [0.1, 0.15) is 6.61 Å². The van der Waals surface area contributed by atoms with Gasteiger partial charge in [-0.3, -0.25) is 4.79 Å². The molecule has 0 spiro atoms. The SMILES string of the molecule is O=C(N[C@H]1CN(C(=O)Cl)[C@H](C(=O)O)c2ccccc21)OCc1ccccc1. The fourth-order valence-corrected chi connectivity index (χ4v) is 3.28. The first kappa shape index (κ1) is 18.7. The summed E-state index contributed by atoms with van der Waals surface area (Å²) in [6.45, 7) is 0.0215. The van der Waals surface area contributed by atoms with Gasteiger partial charge in [-0.1, -0.05) is 54.6 Å². The van der Waals surface area contributed by atoms with Gasteiger partial charge in [0.25, 0.3) is 0 Å². The third kappa shape index (κ3) is 4.20. The van der Waals surface area contributed by atoms with Gasteiger partial charge in [-0.05, 0) is 28.3 Å². The molecule has 0 aromatic heterocycles. The van der Waals surface area contributed by atoms with Crippen LogP contribution in [0.15, 0.2) is 54.6 Å². The maximum atomic E-state index is 12.2. The van der Waals surface area contributed by atoms with Gasteiger partial charge in [0.2, 0.25) is 0 Å². The largest absolute Gasteiger partial charge is 0.479 e. The highest BCUT2D eigenvalue weighted by Crippen LogP contribution is 2.35. The number of carboxylic acids is 1. The first-order chi connectivity index (χ1) is 13.0. The molecule has 2 amide bonds. The molecule has 0 saturated heterocycles. The quantitative estimate of drug-likeness (QED) is 0.617. The Balaban J connectivity index is 1.78. The molecule has 3 rings (SSSR count). The Hall–Kier alpha value is -3.06. The Kier molecular flexibility index (Phi) is 5.61. The molecule has 0 aliphatic carbocycles. The van der Waals surface area contributed by atoms with Crippen molar-refractivity contribution in [3.05, 3.63) is 71.3 Å². The van der Waals surface area contributed by atoms with E-state index in [0.717, 1.165) is 10.5 Å². The molecule has 2 aromatic carbocycles. The first-order valence-electron chi connectivity index (χ1n) is 8.22. The van der Waals surface area contributed by atoms with Crippen molar-refractivity contribution in [2.45, 2.75) is 18.7 Å². The van der Waals surface area contributed by atoms with Gasteiger partial charge < -0.3 is 20.1 Å². The van der Waals surface area contributed by atoms with Crippen molar-refractivity contribution in [2.24, 2.45) is 0 Å². The Morgan fingerprint density at radius 1 is 1.07 bits per heavy atom. The summed E-state index contributed by atoms with van der Waals surface area (Å²) in [6, 6.07) is 14.1. The van der Waals surface area contributed by atoms with E-state index in [1.807, 2.05) is 30.3 Å². The molecular weight excluding hydrogens is 372 g/mol. The number of hydrogen-bond donors (Lipinski definition) is 2. The first-order valence-corrected chi connectivity index (χ1v) is 8.60. The smallest absolute Gasteiger partial charge is 0.408 e. The number of carbonyl (C=O) groups is 3. The van der Waals surface area contributed by atoms with Crippen LogP contribution in [0.5, 0.6) is 0 Å². The molecule has 140 valence electrons. The number of benzene rings is 2. The zero-order chi connectivity index (χ0) is 19.4. The number of ether oxygens (including phenoxy) is 1. The lowest BCUT2D eigenvalue weighted by Crippen LogP contribution is -2.47. The van der Waals surface area contributed by atoms with E-state index in [9.17, 15) is 19.5 Å². The molecule has 0 saturated carbocycles. The standard InChI is InChI=1S/C19H17ClN2O5/c20-18(25)22-10-15(13-8-4-5-9-14(13)16(22)17(23)24)21-19(26)27-11-12-6-2-1-3-7-12/h1-9,15-16H,10-11H2,(H,21,26)(H,23,24)/t15-,16-/m0/s1. The van der Waals surface area contributed by atoms with Crippen LogP contribution in [0.3, 0.4) is 0 Å². The molecule has 0 bridgehead atoms. The second-order valence-corrected chi connectivity index (χ2v) is 6.36. The summed E-state index contributed by atoms with van der Waals surface area (Å²) in [5.41, 5.74) is 1.84. The Bertz CT molecular complexity index is 858. The molecule has 1 aliphatic rings. The van der Waals surface area contributed by atoms with Gasteiger partial charge in [-0.15, -0.1) is 0 Å². The van der Waals surface area contributed by atoms with Crippen LogP contribution in [0.1, 0.15) is 28.8 Å². The minimum atomic E-state index is -1.20. The van der Waals surface area contributed by atoms with Crippen molar-refractivity contribution >= 4 is 29.0 Å². The van der Waals surface area contributed by atoms with Gasteiger partial charge in [0.05, 0.1) is 6.04 Å². The maximum Gasteiger partial charge on any atom is 0.408 e. The molecule has 0 radical (unpaired) electrons. The van der Waals surface area contributed by atoms with Gasteiger partial charge in [0, 0.05) is 6.54 Å². The average molecular weight is 389 g/mol. The molecule has 1 aliphatic heterocycles. The Labute approximate surface area is 160 Å². The van der Waals surface area contributed by atoms with Crippen molar-refractivity contribution in [1.82, 2.24) is 10.2 Å². The molecule has 1 heterocycles. The van der Waals surface area contributed by atoms with E-state index in [4.69, 9.17) is 16.3 Å². The Morgan fingerprint density at radius 3 is 2.33 bits per heavy atom. The number of fused-ring (bicyclic) bond motifs is 1. The third-order valence-electron chi connectivity index (χ3n) is 4.32. The molecule has 2 atom stereocenters. The highest BCUT2D eigenvalue weighted by atomic mass is 35.5. The summed E-state index contributed by atoms with van der Waals surface area (Å²) in [5.74, 6) is -1.19. The minimum Gasteiger partial charge on any atom is -0.479 e. The number of halogens is 1. The fraction of sp³-hybridized carbons (Fsp3) is 0.211. The van der Waals surface area contributed by atoms with Crippen LogP contribution in [0.2, 0.25) is 0 Å². The van der Waals surface area contributed by atoms with E-state index in [1.165, 1.54) is 0 Å². The molecule has 7 nitrogen and oxygen atoms in total. The third-order valence-corrected chi connectivity index (χ3v) is 4.54. The summed E-state index contributed by atoms with van der Waals surface area (Å²) in [7, 11) is 0. The van der Waals surface area contributed by atoms with Crippen LogP contribution in [-0.2, 0) is 16.1 Å². The van der Waals surface area contributed by atoms with Gasteiger partial charge in [0.15, 0.2) is 6.04 Å². The van der Waals surface area contributed by atoms with E-state index >= 15 is 0 Å². The predicted octanol–water partition coefficient (Wildman–Crippen LogP) is 3.45. The number of alkyl carbamates (subject to hydrolysis) is 1. The lowest BCUT2D eigenvalue weighted by Gasteiger charge is -2.37. The van der Waals surface area contributed by atoms with Crippen molar-refractivity contribution in [3.63, 3.8) is 0 Å². The second kappa shape index (κ2) is 8.09. The number of hydrogen-bond acceptors (Lipinski definition) is 4. The van der Waals surface area contributed by atoms with E-state index in [1.54, 1.807) is 24.3 Å². The molecular formula is C19H17ClN2O5. The second-order valence-electron chi connectivity index (χ2n) is 6.03. The molecule has 2 aromatic rings. The zero-order valence-electron chi connectivity index (χ0n) is 14.2. The van der Waals surface area contributed by atoms with Gasteiger partial charge in [-0.25, -0.2) is 9.59 Å². The van der Waals surface area contributed by atoms with Crippen LogP contribution in [0.4, 0.5) is 9.59 Å². The van der Waals surface area contributed by atoms with Crippen LogP contribution in [0.25, 0.3) is 0 Å².